The van der Waals surface area contributed by atoms with E-state index in [4.69, 9.17) is 11.6 Å². The Hall–Kier alpha value is -2.15. The van der Waals surface area contributed by atoms with Crippen molar-refractivity contribution in [2.24, 2.45) is 0 Å². The summed E-state index contributed by atoms with van der Waals surface area (Å²) in [6.45, 7) is 0.342. The number of nitrogens with zero attached hydrogens (tertiary/aromatic N) is 2. The maximum absolute atomic E-state index is 13.0. The lowest BCUT2D eigenvalue weighted by Crippen LogP contribution is -2.42. The van der Waals surface area contributed by atoms with Gasteiger partial charge in [-0.3, -0.25) is 9.59 Å². The second kappa shape index (κ2) is 5.57. The minimum absolute atomic E-state index is 0.0325. The van der Waals surface area contributed by atoms with Gasteiger partial charge >= 0.3 is 6.09 Å². The van der Waals surface area contributed by atoms with Gasteiger partial charge in [0.25, 0.3) is 11.8 Å². The van der Waals surface area contributed by atoms with E-state index >= 15 is 0 Å². The molecule has 3 rings (SSSR count). The summed E-state index contributed by atoms with van der Waals surface area (Å²) in [5.41, 5.74) is 0.194. The fraction of sp³-hybridized carbons (Fsp3) is 0.357. The SMILES string of the molecule is O=C(c1ccc(F)cc1Cl)N1CCC(N2C(=O)COC2=O)C1. The van der Waals surface area contributed by atoms with Crippen molar-refractivity contribution in [3.63, 3.8) is 0 Å². The van der Waals surface area contributed by atoms with Gasteiger partial charge in [0.15, 0.2) is 6.61 Å². The van der Waals surface area contributed by atoms with Crippen LogP contribution in [0.25, 0.3) is 0 Å². The molecule has 0 radical (unpaired) electrons. The molecular weight excluding hydrogens is 315 g/mol. The molecule has 0 bridgehead atoms. The highest BCUT2D eigenvalue weighted by molar-refractivity contribution is 6.33. The summed E-state index contributed by atoms with van der Waals surface area (Å²) >= 11 is 5.89. The Morgan fingerprint density at radius 2 is 2.14 bits per heavy atom. The van der Waals surface area contributed by atoms with E-state index in [1.165, 1.54) is 11.0 Å². The molecule has 3 amide bonds. The molecule has 2 fully saturated rings. The van der Waals surface area contributed by atoms with Crippen molar-refractivity contribution in [3.8, 4) is 0 Å². The van der Waals surface area contributed by atoms with E-state index in [9.17, 15) is 18.8 Å². The Morgan fingerprint density at radius 3 is 2.77 bits per heavy atom. The quantitative estimate of drug-likeness (QED) is 0.829. The normalized spacial score (nSPS) is 21.5. The first-order valence-electron chi connectivity index (χ1n) is 6.70. The van der Waals surface area contributed by atoms with E-state index in [0.29, 0.717) is 13.0 Å². The molecule has 1 atom stereocenters. The van der Waals surface area contributed by atoms with Crippen LogP contribution in [-0.4, -0.2) is 53.4 Å². The third-order valence-electron chi connectivity index (χ3n) is 3.76. The zero-order valence-electron chi connectivity index (χ0n) is 11.4. The van der Waals surface area contributed by atoms with Crippen LogP contribution in [0.15, 0.2) is 18.2 Å². The van der Waals surface area contributed by atoms with Crippen LogP contribution < -0.4 is 0 Å². The van der Waals surface area contributed by atoms with Gasteiger partial charge in [0, 0.05) is 13.1 Å². The van der Waals surface area contributed by atoms with Crippen LogP contribution in [0, 0.1) is 5.82 Å². The van der Waals surface area contributed by atoms with Crippen LogP contribution in [-0.2, 0) is 9.53 Å². The Morgan fingerprint density at radius 1 is 1.36 bits per heavy atom. The van der Waals surface area contributed by atoms with E-state index in [1.54, 1.807) is 0 Å². The zero-order valence-corrected chi connectivity index (χ0v) is 12.2. The minimum Gasteiger partial charge on any atom is -0.439 e. The molecule has 2 heterocycles. The number of imide groups is 1. The highest BCUT2D eigenvalue weighted by Gasteiger charge is 2.41. The average Bonchev–Trinajstić information content (AvgIpc) is 3.05. The molecular formula is C14H12ClFN2O4. The average molecular weight is 327 g/mol. The minimum atomic E-state index is -0.677. The van der Waals surface area contributed by atoms with Crippen molar-refractivity contribution < 1.29 is 23.5 Å². The van der Waals surface area contributed by atoms with Crippen LogP contribution in [0.1, 0.15) is 16.8 Å². The second-order valence-electron chi connectivity index (χ2n) is 5.14. The molecule has 0 N–H and O–H groups in total. The number of halogens is 2. The monoisotopic (exact) mass is 326 g/mol. The highest BCUT2D eigenvalue weighted by atomic mass is 35.5. The Kier molecular flexibility index (Phi) is 3.74. The van der Waals surface area contributed by atoms with E-state index in [-0.39, 0.29) is 29.6 Å². The van der Waals surface area contributed by atoms with E-state index in [2.05, 4.69) is 4.74 Å². The molecule has 6 nitrogen and oxygen atoms in total. The van der Waals surface area contributed by atoms with Crippen LogP contribution in [0.4, 0.5) is 9.18 Å². The molecule has 2 aliphatic heterocycles. The predicted molar refractivity (Wildman–Crippen MR) is 73.9 cm³/mol. The van der Waals surface area contributed by atoms with Crippen molar-refractivity contribution in [3.05, 3.63) is 34.6 Å². The lowest BCUT2D eigenvalue weighted by Gasteiger charge is -2.20. The van der Waals surface area contributed by atoms with E-state index in [0.717, 1.165) is 17.0 Å². The molecule has 0 aliphatic carbocycles. The van der Waals surface area contributed by atoms with E-state index < -0.39 is 23.9 Å². The van der Waals surface area contributed by atoms with Gasteiger partial charge in [-0.25, -0.2) is 14.1 Å². The topological polar surface area (TPSA) is 66.9 Å². The van der Waals surface area contributed by atoms with Crippen molar-refractivity contribution in [2.75, 3.05) is 19.7 Å². The summed E-state index contributed by atoms with van der Waals surface area (Å²) in [6.07, 6.45) is -0.199. The summed E-state index contributed by atoms with van der Waals surface area (Å²) < 4.78 is 17.7. The number of hydrogen-bond acceptors (Lipinski definition) is 4. The molecule has 1 aromatic rings. The van der Waals surface area contributed by atoms with Crippen LogP contribution in [0.3, 0.4) is 0 Å². The summed E-state index contributed by atoms with van der Waals surface area (Å²) in [6, 6.07) is 3.16. The number of carbonyl (C=O) groups is 3. The lowest BCUT2D eigenvalue weighted by atomic mass is 10.2. The number of cyclic esters (lactones) is 1. The standard InChI is InChI=1S/C14H12ClFN2O4/c15-11-5-8(16)1-2-10(11)13(20)17-4-3-9(6-17)18-12(19)7-22-14(18)21/h1-2,5,9H,3-4,6-7H2. The number of hydrogen-bond donors (Lipinski definition) is 0. The van der Waals surface area contributed by atoms with Crippen molar-refractivity contribution in [1.29, 1.82) is 0 Å². The molecule has 0 aromatic heterocycles. The zero-order chi connectivity index (χ0) is 15.9. The maximum Gasteiger partial charge on any atom is 0.417 e. The van der Waals surface area contributed by atoms with Gasteiger partial charge in [-0.1, -0.05) is 11.6 Å². The van der Waals surface area contributed by atoms with Gasteiger partial charge < -0.3 is 9.64 Å². The van der Waals surface area contributed by atoms with Gasteiger partial charge in [0.05, 0.1) is 16.6 Å². The molecule has 1 aromatic carbocycles. The summed E-state index contributed by atoms with van der Waals surface area (Å²) in [5, 5.41) is 0.0325. The van der Waals surface area contributed by atoms with Crippen LogP contribution in [0.2, 0.25) is 5.02 Å². The fourth-order valence-corrected chi connectivity index (χ4v) is 2.94. The van der Waals surface area contributed by atoms with Gasteiger partial charge in [-0.15, -0.1) is 0 Å². The molecule has 0 spiro atoms. The first kappa shape index (κ1) is 14.8. The van der Waals surface area contributed by atoms with Gasteiger partial charge in [-0.05, 0) is 24.6 Å². The van der Waals surface area contributed by atoms with Crippen LogP contribution >= 0.6 is 11.6 Å². The number of benzene rings is 1. The summed E-state index contributed by atoms with van der Waals surface area (Å²) in [5.74, 6) is -1.28. The first-order chi connectivity index (χ1) is 10.5. The number of amides is 3. The maximum atomic E-state index is 13.0. The van der Waals surface area contributed by atoms with E-state index in [1.807, 2.05) is 0 Å². The van der Waals surface area contributed by atoms with Gasteiger partial charge in [-0.2, -0.15) is 0 Å². The Balaban J connectivity index is 1.73. The molecule has 8 heteroatoms. The van der Waals surface area contributed by atoms with Gasteiger partial charge in [0.2, 0.25) is 0 Å². The third kappa shape index (κ3) is 2.52. The highest BCUT2D eigenvalue weighted by Crippen LogP contribution is 2.24. The van der Waals surface area contributed by atoms with Crippen molar-refractivity contribution in [2.45, 2.75) is 12.5 Å². The molecule has 1 unspecified atom stereocenters. The number of rotatable bonds is 2. The molecule has 22 heavy (non-hydrogen) atoms. The molecule has 2 saturated heterocycles. The number of ether oxygens (including phenoxy) is 1. The second-order valence-corrected chi connectivity index (χ2v) is 5.54. The van der Waals surface area contributed by atoms with Crippen molar-refractivity contribution in [1.82, 2.24) is 9.80 Å². The Bertz CT molecular complexity index is 650. The van der Waals surface area contributed by atoms with Crippen molar-refractivity contribution >= 4 is 29.5 Å². The summed E-state index contributed by atoms with van der Waals surface area (Å²) in [4.78, 5) is 38.1. The summed E-state index contributed by atoms with van der Waals surface area (Å²) in [7, 11) is 0. The number of likely N-dealkylation sites (tertiary alicyclic amines) is 1. The first-order valence-corrected chi connectivity index (χ1v) is 7.08. The number of carbonyl (C=O) groups excluding carboxylic acids is 3. The lowest BCUT2D eigenvalue weighted by molar-refractivity contribution is -0.127. The smallest absolute Gasteiger partial charge is 0.417 e. The molecule has 2 aliphatic rings. The third-order valence-corrected chi connectivity index (χ3v) is 4.07. The fourth-order valence-electron chi connectivity index (χ4n) is 2.69. The largest absolute Gasteiger partial charge is 0.439 e. The Labute approximate surface area is 130 Å². The predicted octanol–water partition coefficient (Wildman–Crippen LogP) is 1.67. The molecule has 116 valence electrons. The van der Waals surface area contributed by atoms with Crippen LogP contribution in [0.5, 0.6) is 0 Å². The molecule has 0 saturated carbocycles. The van der Waals surface area contributed by atoms with Gasteiger partial charge in [0.1, 0.15) is 5.82 Å².